The van der Waals surface area contributed by atoms with Gasteiger partial charge in [0.25, 0.3) is 5.91 Å². The molecule has 0 bridgehead atoms. The zero-order valence-electron chi connectivity index (χ0n) is 14.3. The minimum atomic E-state index is -0.457. The fraction of sp³-hybridized carbons (Fsp3) is 0.333. The minimum Gasteiger partial charge on any atom is -0.391 e. The zero-order valence-corrected chi connectivity index (χ0v) is 15.1. The smallest absolute Gasteiger partial charge is 0.274 e. The molecule has 1 aliphatic rings. The number of amides is 1. The van der Waals surface area contributed by atoms with Crippen LogP contribution in [0.4, 0.5) is 5.95 Å². The van der Waals surface area contributed by atoms with Crippen LogP contribution < -0.4 is 5.32 Å². The second-order valence-corrected chi connectivity index (χ2v) is 7.26. The molecule has 0 radical (unpaired) electrons. The summed E-state index contributed by atoms with van der Waals surface area (Å²) in [5.41, 5.74) is 2.00. The number of likely N-dealkylation sites (tertiary alicyclic amines) is 1. The molecule has 0 aromatic carbocycles. The van der Waals surface area contributed by atoms with Crippen LogP contribution in [0.2, 0.25) is 0 Å². The highest BCUT2D eigenvalue weighted by Gasteiger charge is 2.28. The van der Waals surface area contributed by atoms with E-state index in [4.69, 9.17) is 0 Å². The molecule has 134 valence electrons. The van der Waals surface area contributed by atoms with E-state index in [1.807, 2.05) is 36.6 Å². The summed E-state index contributed by atoms with van der Waals surface area (Å²) < 4.78 is 0.771. The zero-order chi connectivity index (χ0) is 18.1. The van der Waals surface area contributed by atoms with Crippen molar-refractivity contribution < 1.29 is 9.90 Å². The summed E-state index contributed by atoms with van der Waals surface area (Å²) >= 11 is 1.45. The van der Waals surface area contributed by atoms with Gasteiger partial charge in [0.2, 0.25) is 5.95 Å². The molecule has 3 aromatic rings. The van der Waals surface area contributed by atoms with Gasteiger partial charge >= 0.3 is 0 Å². The topological polar surface area (TPSA) is 91.2 Å². The summed E-state index contributed by atoms with van der Waals surface area (Å²) in [6, 6.07) is 7.51. The summed E-state index contributed by atoms with van der Waals surface area (Å²) in [6.45, 7) is 2.87. The average Bonchev–Trinajstić information content (AvgIpc) is 3.30. The van der Waals surface area contributed by atoms with Crippen molar-refractivity contribution in [3.63, 3.8) is 0 Å². The van der Waals surface area contributed by atoms with E-state index in [0.29, 0.717) is 31.2 Å². The quantitative estimate of drug-likeness (QED) is 0.734. The van der Waals surface area contributed by atoms with Gasteiger partial charge in [-0.25, -0.2) is 9.97 Å². The third-order valence-electron chi connectivity index (χ3n) is 4.43. The molecule has 2 N–H and O–H groups in total. The Labute approximate surface area is 154 Å². The lowest BCUT2D eigenvalue weighted by Crippen LogP contribution is -2.30. The molecule has 1 aliphatic heterocycles. The van der Waals surface area contributed by atoms with E-state index in [0.717, 1.165) is 15.9 Å². The maximum Gasteiger partial charge on any atom is 0.274 e. The lowest BCUT2D eigenvalue weighted by molar-refractivity contribution is 0.0761. The van der Waals surface area contributed by atoms with E-state index in [9.17, 15) is 9.90 Å². The predicted molar refractivity (Wildman–Crippen MR) is 100 cm³/mol. The number of thiophene rings is 1. The number of fused-ring (bicyclic) bond motifs is 1. The van der Waals surface area contributed by atoms with Crippen LogP contribution >= 0.6 is 11.3 Å². The Kier molecular flexibility index (Phi) is 4.52. The molecule has 0 spiro atoms. The van der Waals surface area contributed by atoms with Crippen molar-refractivity contribution in [2.45, 2.75) is 25.5 Å². The standard InChI is InChI=1S/C18H19N5O2S/c1-11(13-4-2-3-7-19-13)20-18-21-14-6-9-26-16(14)15(22-18)17(25)23-8-5-12(24)10-23/h2-4,6-7,9,11-12,24H,5,8,10H2,1H3,(H,20,21,22). The summed E-state index contributed by atoms with van der Waals surface area (Å²) in [6.07, 6.45) is 1.89. The highest BCUT2D eigenvalue weighted by Crippen LogP contribution is 2.27. The van der Waals surface area contributed by atoms with Crippen LogP contribution in [-0.4, -0.2) is 50.1 Å². The molecular weight excluding hydrogens is 350 g/mol. The first-order valence-electron chi connectivity index (χ1n) is 8.52. The number of aliphatic hydroxyl groups excluding tert-OH is 1. The van der Waals surface area contributed by atoms with Crippen molar-refractivity contribution in [3.05, 3.63) is 47.2 Å². The van der Waals surface area contributed by atoms with Crippen LogP contribution in [0.1, 0.15) is 35.6 Å². The number of aliphatic hydroxyl groups is 1. The van der Waals surface area contributed by atoms with E-state index >= 15 is 0 Å². The van der Waals surface area contributed by atoms with E-state index < -0.39 is 6.10 Å². The molecule has 0 aliphatic carbocycles. The third-order valence-corrected chi connectivity index (χ3v) is 5.34. The first-order chi connectivity index (χ1) is 12.6. The molecule has 26 heavy (non-hydrogen) atoms. The van der Waals surface area contributed by atoms with Gasteiger partial charge in [-0.2, -0.15) is 0 Å². The number of anilines is 1. The van der Waals surface area contributed by atoms with Gasteiger partial charge in [0.15, 0.2) is 5.69 Å². The minimum absolute atomic E-state index is 0.0937. The SMILES string of the molecule is CC(Nc1nc(C(=O)N2CCC(O)C2)c2sccc2n1)c1ccccn1. The molecule has 2 unspecified atom stereocenters. The van der Waals surface area contributed by atoms with Gasteiger partial charge in [0.1, 0.15) is 0 Å². The van der Waals surface area contributed by atoms with Crippen LogP contribution in [0.3, 0.4) is 0 Å². The molecule has 4 heterocycles. The predicted octanol–water partition coefficient (Wildman–Crippen LogP) is 2.47. The van der Waals surface area contributed by atoms with Crippen molar-refractivity contribution in [2.24, 2.45) is 0 Å². The molecule has 4 rings (SSSR count). The Morgan fingerprint density at radius 1 is 1.38 bits per heavy atom. The van der Waals surface area contributed by atoms with Crippen LogP contribution in [0.15, 0.2) is 35.8 Å². The maximum absolute atomic E-state index is 12.9. The summed E-state index contributed by atoms with van der Waals surface area (Å²) in [7, 11) is 0. The normalized spacial score (nSPS) is 18.2. The second-order valence-electron chi connectivity index (χ2n) is 6.35. The first kappa shape index (κ1) is 16.9. The molecule has 3 aromatic heterocycles. The third kappa shape index (κ3) is 3.25. The van der Waals surface area contributed by atoms with Crippen molar-refractivity contribution in [1.82, 2.24) is 19.9 Å². The van der Waals surface area contributed by atoms with Crippen LogP contribution in [0.5, 0.6) is 0 Å². The molecule has 1 amide bonds. The Hall–Kier alpha value is -2.58. The number of carbonyl (C=O) groups is 1. The number of nitrogens with one attached hydrogen (secondary N) is 1. The maximum atomic E-state index is 12.9. The Balaban J connectivity index is 1.65. The van der Waals surface area contributed by atoms with Gasteiger partial charge in [-0.3, -0.25) is 9.78 Å². The van der Waals surface area contributed by atoms with Gasteiger partial charge in [-0.1, -0.05) is 6.07 Å². The number of hydrogen-bond donors (Lipinski definition) is 2. The average molecular weight is 369 g/mol. The van der Waals surface area contributed by atoms with Crippen molar-refractivity contribution in [3.8, 4) is 0 Å². The molecular formula is C18H19N5O2S. The number of pyridine rings is 1. The van der Waals surface area contributed by atoms with Gasteiger partial charge in [0.05, 0.1) is 28.1 Å². The van der Waals surface area contributed by atoms with Crippen molar-refractivity contribution in [1.29, 1.82) is 0 Å². The number of nitrogens with zero attached hydrogens (tertiary/aromatic N) is 4. The molecule has 1 saturated heterocycles. The Morgan fingerprint density at radius 2 is 2.27 bits per heavy atom. The lowest BCUT2D eigenvalue weighted by atomic mass is 10.2. The Morgan fingerprint density at radius 3 is 3.00 bits per heavy atom. The summed E-state index contributed by atoms with van der Waals surface area (Å²) in [5.74, 6) is 0.238. The second kappa shape index (κ2) is 6.97. The molecule has 7 nitrogen and oxygen atoms in total. The fourth-order valence-corrected chi connectivity index (χ4v) is 3.86. The van der Waals surface area contributed by atoms with Gasteiger partial charge in [-0.05, 0) is 36.9 Å². The van der Waals surface area contributed by atoms with Crippen molar-refractivity contribution in [2.75, 3.05) is 18.4 Å². The fourth-order valence-electron chi connectivity index (χ4n) is 3.05. The summed E-state index contributed by atoms with van der Waals surface area (Å²) in [4.78, 5) is 27.9. The number of hydrogen-bond acceptors (Lipinski definition) is 7. The molecule has 2 atom stereocenters. The lowest BCUT2D eigenvalue weighted by Gasteiger charge is -2.17. The Bertz CT molecular complexity index is 930. The molecule has 8 heteroatoms. The first-order valence-corrected chi connectivity index (χ1v) is 9.40. The monoisotopic (exact) mass is 369 g/mol. The van der Waals surface area contributed by atoms with E-state index in [1.54, 1.807) is 11.1 Å². The van der Waals surface area contributed by atoms with E-state index in [-0.39, 0.29) is 11.9 Å². The van der Waals surface area contributed by atoms with Crippen LogP contribution in [0, 0.1) is 0 Å². The highest BCUT2D eigenvalue weighted by molar-refractivity contribution is 7.17. The van der Waals surface area contributed by atoms with Crippen LogP contribution in [0.25, 0.3) is 10.2 Å². The highest BCUT2D eigenvalue weighted by atomic mass is 32.1. The molecule has 0 saturated carbocycles. The van der Waals surface area contributed by atoms with E-state index in [1.165, 1.54) is 11.3 Å². The largest absolute Gasteiger partial charge is 0.391 e. The van der Waals surface area contributed by atoms with Gasteiger partial charge in [-0.15, -0.1) is 11.3 Å². The van der Waals surface area contributed by atoms with Gasteiger partial charge < -0.3 is 15.3 Å². The number of β-amino-alcohol motifs (C(OH)–C–C–N with tert-alkyl or cyclic N) is 1. The summed E-state index contributed by atoms with van der Waals surface area (Å²) in [5, 5.41) is 14.9. The molecule has 1 fully saturated rings. The number of rotatable bonds is 4. The number of carbonyl (C=O) groups excluding carboxylic acids is 1. The van der Waals surface area contributed by atoms with E-state index in [2.05, 4.69) is 20.3 Å². The van der Waals surface area contributed by atoms with Crippen molar-refractivity contribution >= 4 is 33.4 Å². The van der Waals surface area contributed by atoms with Crippen LogP contribution in [-0.2, 0) is 0 Å². The van der Waals surface area contributed by atoms with Gasteiger partial charge in [0, 0.05) is 19.3 Å². The number of aromatic nitrogens is 3.